The number of fused-ring (bicyclic) bond motifs is 1. The number of rotatable bonds is 4. The van der Waals surface area contributed by atoms with Gasteiger partial charge < -0.3 is 5.32 Å². The molecule has 0 bridgehead atoms. The van der Waals surface area contributed by atoms with Crippen molar-refractivity contribution in [3.05, 3.63) is 90.0 Å². The first-order valence-electron chi connectivity index (χ1n) is 8.24. The lowest BCUT2D eigenvalue weighted by Gasteiger charge is -2.10. The highest BCUT2D eigenvalue weighted by Crippen LogP contribution is 2.24. The average Bonchev–Trinajstić information content (AvgIpc) is 2.65. The third kappa shape index (κ3) is 3.48. The summed E-state index contributed by atoms with van der Waals surface area (Å²) in [5.41, 5.74) is 5.67. The van der Waals surface area contributed by atoms with Crippen molar-refractivity contribution in [1.29, 1.82) is 0 Å². The van der Waals surface area contributed by atoms with Gasteiger partial charge in [0, 0.05) is 23.5 Å². The highest BCUT2D eigenvalue weighted by atomic mass is 15.0. The number of aromatic nitrogens is 3. The average molecular weight is 326 g/mol. The SMILES string of the molecule is Cc1ccc2ncnc(Nc3ccc(Cc4ccncc4)cc3)c2c1. The van der Waals surface area contributed by atoms with Crippen LogP contribution in [0, 0.1) is 6.92 Å². The van der Waals surface area contributed by atoms with E-state index in [9.17, 15) is 0 Å². The Morgan fingerprint density at radius 2 is 1.60 bits per heavy atom. The van der Waals surface area contributed by atoms with E-state index in [0.717, 1.165) is 28.8 Å². The maximum absolute atomic E-state index is 4.40. The van der Waals surface area contributed by atoms with Crippen molar-refractivity contribution >= 4 is 22.4 Å². The molecule has 4 rings (SSSR count). The van der Waals surface area contributed by atoms with Gasteiger partial charge in [-0.3, -0.25) is 4.98 Å². The summed E-state index contributed by atoms with van der Waals surface area (Å²) in [7, 11) is 0. The minimum Gasteiger partial charge on any atom is -0.340 e. The van der Waals surface area contributed by atoms with Crippen molar-refractivity contribution in [3.63, 3.8) is 0 Å². The van der Waals surface area contributed by atoms with Crippen LogP contribution in [0.4, 0.5) is 11.5 Å². The Hall–Kier alpha value is -3.27. The summed E-state index contributed by atoms with van der Waals surface area (Å²) >= 11 is 0. The Balaban J connectivity index is 1.56. The number of pyridine rings is 1. The fraction of sp³-hybridized carbons (Fsp3) is 0.0952. The number of benzene rings is 2. The second-order valence-electron chi connectivity index (χ2n) is 6.10. The topological polar surface area (TPSA) is 50.7 Å². The van der Waals surface area contributed by atoms with E-state index in [1.807, 2.05) is 30.6 Å². The Labute approximate surface area is 146 Å². The molecule has 0 fully saturated rings. The second-order valence-corrected chi connectivity index (χ2v) is 6.10. The molecule has 0 amide bonds. The van der Waals surface area contributed by atoms with Gasteiger partial charge in [0.05, 0.1) is 5.52 Å². The molecule has 2 aromatic carbocycles. The monoisotopic (exact) mass is 326 g/mol. The van der Waals surface area contributed by atoms with Crippen molar-refractivity contribution < 1.29 is 0 Å². The van der Waals surface area contributed by atoms with E-state index in [0.29, 0.717) is 0 Å². The van der Waals surface area contributed by atoms with Crippen LogP contribution in [0.3, 0.4) is 0 Å². The predicted molar refractivity (Wildman–Crippen MR) is 101 cm³/mol. The number of nitrogens with one attached hydrogen (secondary N) is 1. The molecule has 122 valence electrons. The number of anilines is 2. The number of hydrogen-bond acceptors (Lipinski definition) is 4. The van der Waals surface area contributed by atoms with Crippen molar-refractivity contribution in [1.82, 2.24) is 15.0 Å². The van der Waals surface area contributed by atoms with Gasteiger partial charge in [-0.25, -0.2) is 9.97 Å². The lowest BCUT2D eigenvalue weighted by Crippen LogP contribution is -1.97. The minimum absolute atomic E-state index is 0.829. The summed E-state index contributed by atoms with van der Waals surface area (Å²) in [5.74, 6) is 0.829. The first kappa shape index (κ1) is 15.3. The van der Waals surface area contributed by atoms with Crippen LogP contribution in [0.5, 0.6) is 0 Å². The zero-order chi connectivity index (χ0) is 17.1. The van der Waals surface area contributed by atoms with Gasteiger partial charge in [0.1, 0.15) is 12.1 Å². The van der Waals surface area contributed by atoms with Crippen LogP contribution >= 0.6 is 0 Å². The van der Waals surface area contributed by atoms with E-state index in [1.165, 1.54) is 16.7 Å². The van der Waals surface area contributed by atoms with Crippen LogP contribution in [0.25, 0.3) is 10.9 Å². The van der Waals surface area contributed by atoms with Crippen LogP contribution in [0.15, 0.2) is 73.3 Å². The number of aryl methyl sites for hydroxylation is 1. The first-order valence-corrected chi connectivity index (χ1v) is 8.24. The number of nitrogens with zero attached hydrogens (tertiary/aromatic N) is 3. The van der Waals surface area contributed by atoms with Gasteiger partial charge in [-0.1, -0.05) is 23.8 Å². The molecule has 4 heteroatoms. The summed E-state index contributed by atoms with van der Waals surface area (Å²) in [6, 6.07) is 18.7. The van der Waals surface area contributed by atoms with Crippen molar-refractivity contribution in [2.75, 3.05) is 5.32 Å². The van der Waals surface area contributed by atoms with Gasteiger partial charge in [0.25, 0.3) is 0 Å². The van der Waals surface area contributed by atoms with Crippen molar-refractivity contribution in [2.45, 2.75) is 13.3 Å². The van der Waals surface area contributed by atoms with Gasteiger partial charge >= 0.3 is 0 Å². The molecule has 1 N–H and O–H groups in total. The molecule has 2 heterocycles. The van der Waals surface area contributed by atoms with Crippen LogP contribution in [0.1, 0.15) is 16.7 Å². The predicted octanol–water partition coefficient (Wildman–Crippen LogP) is 4.67. The quantitative estimate of drug-likeness (QED) is 0.592. The smallest absolute Gasteiger partial charge is 0.141 e. The molecule has 0 spiro atoms. The highest BCUT2D eigenvalue weighted by molar-refractivity contribution is 5.91. The van der Waals surface area contributed by atoms with Crippen molar-refractivity contribution in [2.24, 2.45) is 0 Å². The molecule has 0 aliphatic heterocycles. The largest absolute Gasteiger partial charge is 0.340 e. The summed E-state index contributed by atoms with van der Waals surface area (Å²) in [6.07, 6.45) is 6.15. The second kappa shape index (κ2) is 6.69. The van der Waals surface area contributed by atoms with E-state index >= 15 is 0 Å². The molecule has 0 saturated carbocycles. The van der Waals surface area contributed by atoms with Crippen LogP contribution in [-0.2, 0) is 6.42 Å². The standard InChI is InChI=1S/C21H18N4/c1-15-2-7-20-19(12-15)21(24-14-23-20)25-18-5-3-16(4-6-18)13-17-8-10-22-11-9-17/h2-12,14H,13H2,1H3,(H,23,24,25). The Morgan fingerprint density at radius 3 is 2.40 bits per heavy atom. The van der Waals surface area contributed by atoms with Gasteiger partial charge in [-0.05, 0) is 60.9 Å². The van der Waals surface area contributed by atoms with Gasteiger partial charge in [-0.2, -0.15) is 0 Å². The lowest BCUT2D eigenvalue weighted by molar-refractivity contribution is 1.16. The Morgan fingerprint density at radius 1 is 0.840 bits per heavy atom. The minimum atomic E-state index is 0.829. The van der Waals surface area contributed by atoms with Gasteiger partial charge in [0.15, 0.2) is 0 Å². The van der Waals surface area contributed by atoms with Crippen LogP contribution in [-0.4, -0.2) is 15.0 Å². The molecular formula is C21H18N4. The van der Waals surface area contributed by atoms with Crippen LogP contribution in [0.2, 0.25) is 0 Å². The summed E-state index contributed by atoms with van der Waals surface area (Å²) in [4.78, 5) is 12.8. The van der Waals surface area contributed by atoms with E-state index in [4.69, 9.17) is 0 Å². The molecule has 0 unspecified atom stereocenters. The van der Waals surface area contributed by atoms with E-state index in [-0.39, 0.29) is 0 Å². The summed E-state index contributed by atoms with van der Waals surface area (Å²) in [6.45, 7) is 2.07. The molecule has 0 aliphatic rings. The normalized spacial score (nSPS) is 10.8. The number of hydrogen-bond donors (Lipinski definition) is 1. The fourth-order valence-electron chi connectivity index (χ4n) is 2.85. The lowest BCUT2D eigenvalue weighted by atomic mass is 10.1. The van der Waals surface area contributed by atoms with Crippen LogP contribution < -0.4 is 5.32 Å². The van der Waals surface area contributed by atoms with E-state index in [2.05, 4.69) is 63.6 Å². The summed E-state index contributed by atoms with van der Waals surface area (Å²) < 4.78 is 0. The third-order valence-corrected chi connectivity index (χ3v) is 4.17. The highest BCUT2D eigenvalue weighted by Gasteiger charge is 2.05. The van der Waals surface area contributed by atoms with E-state index in [1.54, 1.807) is 6.33 Å². The molecule has 25 heavy (non-hydrogen) atoms. The first-order chi connectivity index (χ1) is 12.3. The van der Waals surface area contributed by atoms with Gasteiger partial charge in [-0.15, -0.1) is 0 Å². The molecule has 0 aliphatic carbocycles. The maximum Gasteiger partial charge on any atom is 0.141 e. The molecule has 0 radical (unpaired) electrons. The molecule has 0 saturated heterocycles. The summed E-state index contributed by atoms with van der Waals surface area (Å²) in [5, 5.41) is 4.43. The van der Waals surface area contributed by atoms with Crippen molar-refractivity contribution in [3.8, 4) is 0 Å². The molecule has 0 atom stereocenters. The Bertz CT molecular complexity index is 995. The van der Waals surface area contributed by atoms with Gasteiger partial charge in [0.2, 0.25) is 0 Å². The fourth-order valence-corrected chi connectivity index (χ4v) is 2.85. The third-order valence-electron chi connectivity index (χ3n) is 4.17. The molecule has 4 nitrogen and oxygen atoms in total. The Kier molecular flexibility index (Phi) is 4.09. The van der Waals surface area contributed by atoms with E-state index < -0.39 is 0 Å². The zero-order valence-electron chi connectivity index (χ0n) is 14.0. The molecule has 4 aromatic rings. The zero-order valence-corrected chi connectivity index (χ0v) is 14.0. The maximum atomic E-state index is 4.40. The molecular weight excluding hydrogens is 308 g/mol. The molecule has 2 aromatic heterocycles.